The molecule has 0 fully saturated rings. The van der Waals surface area contributed by atoms with Crippen molar-refractivity contribution in [1.82, 2.24) is 9.97 Å². The molecule has 2 aromatic carbocycles. The standard InChI is InChI=1S/C19H17BrN4O/c1-12-4-3-5-17(13(12)2)24-19-21-10-14(11-22-19)18(25)23-16-8-6-15(20)7-9-16/h3-11H,1-2H3,(H,23,25)(H,21,22,24). The van der Waals surface area contributed by atoms with E-state index in [1.54, 1.807) is 0 Å². The third-order valence-electron chi connectivity index (χ3n) is 3.87. The van der Waals surface area contributed by atoms with Gasteiger partial charge in [-0.05, 0) is 55.3 Å². The first-order valence-corrected chi connectivity index (χ1v) is 8.54. The summed E-state index contributed by atoms with van der Waals surface area (Å²) in [6.07, 6.45) is 3.02. The molecule has 0 atom stereocenters. The smallest absolute Gasteiger partial charge is 0.258 e. The molecule has 2 N–H and O–H groups in total. The molecule has 3 rings (SSSR count). The summed E-state index contributed by atoms with van der Waals surface area (Å²) in [6, 6.07) is 13.4. The molecular formula is C19H17BrN4O. The van der Waals surface area contributed by atoms with Crippen LogP contribution in [0.25, 0.3) is 0 Å². The van der Waals surface area contributed by atoms with Gasteiger partial charge in [-0.1, -0.05) is 28.1 Å². The number of anilines is 3. The Hall–Kier alpha value is -2.73. The Labute approximate surface area is 154 Å². The summed E-state index contributed by atoms with van der Waals surface area (Å²) in [5.41, 5.74) is 4.39. The molecule has 0 unspecified atom stereocenters. The average molecular weight is 397 g/mol. The normalized spacial score (nSPS) is 10.4. The largest absolute Gasteiger partial charge is 0.324 e. The maximum absolute atomic E-state index is 12.2. The lowest BCUT2D eigenvalue weighted by atomic mass is 10.1. The number of carbonyl (C=O) groups excluding carboxylic acids is 1. The maximum atomic E-state index is 12.2. The summed E-state index contributed by atoms with van der Waals surface area (Å²) in [5.74, 6) is 0.203. The van der Waals surface area contributed by atoms with Crippen LogP contribution in [0.15, 0.2) is 59.3 Å². The SMILES string of the molecule is Cc1cccc(Nc2ncc(C(=O)Nc3ccc(Br)cc3)cn2)c1C. The third kappa shape index (κ3) is 4.22. The summed E-state index contributed by atoms with van der Waals surface area (Å²) in [4.78, 5) is 20.7. The Bertz CT molecular complexity index is 892. The van der Waals surface area contributed by atoms with Gasteiger partial charge in [0.2, 0.25) is 5.95 Å². The predicted octanol–water partition coefficient (Wildman–Crippen LogP) is 4.85. The molecule has 1 heterocycles. The van der Waals surface area contributed by atoms with Crippen molar-refractivity contribution in [2.45, 2.75) is 13.8 Å². The van der Waals surface area contributed by atoms with Gasteiger partial charge in [-0.15, -0.1) is 0 Å². The summed E-state index contributed by atoms with van der Waals surface area (Å²) in [7, 11) is 0. The van der Waals surface area contributed by atoms with Crippen molar-refractivity contribution >= 4 is 39.2 Å². The van der Waals surface area contributed by atoms with Crippen LogP contribution in [0, 0.1) is 13.8 Å². The van der Waals surface area contributed by atoms with Crippen LogP contribution in [0.4, 0.5) is 17.3 Å². The van der Waals surface area contributed by atoms with Gasteiger partial charge in [0.1, 0.15) is 0 Å². The van der Waals surface area contributed by atoms with Gasteiger partial charge in [0.15, 0.2) is 0 Å². The molecule has 1 aromatic heterocycles. The molecule has 1 amide bonds. The first kappa shape index (κ1) is 17.1. The van der Waals surface area contributed by atoms with Crippen LogP contribution >= 0.6 is 15.9 Å². The van der Waals surface area contributed by atoms with E-state index in [1.807, 2.05) is 43.3 Å². The number of benzene rings is 2. The monoisotopic (exact) mass is 396 g/mol. The summed E-state index contributed by atoms with van der Waals surface area (Å²) in [6.45, 7) is 4.09. The van der Waals surface area contributed by atoms with Crippen molar-refractivity contribution in [3.8, 4) is 0 Å². The van der Waals surface area contributed by atoms with E-state index in [2.05, 4.69) is 49.5 Å². The Balaban J connectivity index is 1.70. The highest BCUT2D eigenvalue weighted by Gasteiger charge is 2.09. The van der Waals surface area contributed by atoms with Crippen LogP contribution in [0.3, 0.4) is 0 Å². The van der Waals surface area contributed by atoms with Gasteiger partial charge in [-0.2, -0.15) is 0 Å². The molecule has 0 aliphatic carbocycles. The van der Waals surface area contributed by atoms with Crippen LogP contribution in [-0.4, -0.2) is 15.9 Å². The Morgan fingerprint density at radius 1 is 1.00 bits per heavy atom. The number of nitrogens with zero attached hydrogens (tertiary/aromatic N) is 2. The van der Waals surface area contributed by atoms with Crippen LogP contribution in [0.2, 0.25) is 0 Å². The van der Waals surface area contributed by atoms with Gasteiger partial charge >= 0.3 is 0 Å². The molecule has 5 nitrogen and oxygen atoms in total. The number of rotatable bonds is 4. The van der Waals surface area contributed by atoms with Gasteiger partial charge < -0.3 is 10.6 Å². The molecule has 0 radical (unpaired) electrons. The van der Waals surface area contributed by atoms with Crippen LogP contribution < -0.4 is 10.6 Å². The van der Waals surface area contributed by atoms with Crippen LogP contribution in [0.5, 0.6) is 0 Å². The predicted molar refractivity (Wildman–Crippen MR) is 103 cm³/mol. The third-order valence-corrected chi connectivity index (χ3v) is 4.40. The maximum Gasteiger partial charge on any atom is 0.258 e. The van der Waals surface area contributed by atoms with Crippen LogP contribution in [0.1, 0.15) is 21.5 Å². The highest BCUT2D eigenvalue weighted by atomic mass is 79.9. The number of halogens is 1. The number of aromatic nitrogens is 2. The molecule has 126 valence electrons. The molecule has 0 saturated carbocycles. The second-order valence-electron chi connectivity index (χ2n) is 5.63. The molecule has 0 bridgehead atoms. The minimum atomic E-state index is -0.249. The van der Waals surface area contributed by atoms with Gasteiger partial charge in [-0.3, -0.25) is 4.79 Å². The van der Waals surface area contributed by atoms with Crippen molar-refractivity contribution in [1.29, 1.82) is 0 Å². The summed E-state index contributed by atoms with van der Waals surface area (Å²) >= 11 is 3.36. The van der Waals surface area contributed by atoms with Crippen LogP contribution in [-0.2, 0) is 0 Å². The van der Waals surface area contributed by atoms with Gasteiger partial charge in [0.25, 0.3) is 5.91 Å². The number of aryl methyl sites for hydroxylation is 1. The molecule has 0 spiro atoms. The minimum Gasteiger partial charge on any atom is -0.324 e. The van der Waals surface area contributed by atoms with E-state index in [0.717, 1.165) is 15.7 Å². The highest BCUT2D eigenvalue weighted by Crippen LogP contribution is 2.21. The zero-order valence-electron chi connectivity index (χ0n) is 13.9. The van der Waals surface area contributed by atoms with Crippen molar-refractivity contribution < 1.29 is 4.79 Å². The lowest BCUT2D eigenvalue weighted by molar-refractivity contribution is 0.102. The number of carbonyl (C=O) groups is 1. The molecule has 0 aliphatic heterocycles. The van der Waals surface area contributed by atoms with Crippen molar-refractivity contribution in [2.75, 3.05) is 10.6 Å². The van der Waals surface area contributed by atoms with Gasteiger partial charge in [0, 0.05) is 28.2 Å². The molecule has 0 saturated heterocycles. The fraction of sp³-hybridized carbons (Fsp3) is 0.105. The van der Waals surface area contributed by atoms with Gasteiger partial charge in [-0.25, -0.2) is 9.97 Å². The van der Waals surface area contributed by atoms with E-state index < -0.39 is 0 Å². The minimum absolute atomic E-state index is 0.249. The lowest BCUT2D eigenvalue weighted by Gasteiger charge is -2.10. The quantitative estimate of drug-likeness (QED) is 0.661. The average Bonchev–Trinajstić information content (AvgIpc) is 2.61. The second kappa shape index (κ2) is 7.44. The fourth-order valence-electron chi connectivity index (χ4n) is 2.25. The molecule has 3 aromatic rings. The molecule has 6 heteroatoms. The fourth-order valence-corrected chi connectivity index (χ4v) is 2.52. The zero-order valence-corrected chi connectivity index (χ0v) is 15.5. The summed E-state index contributed by atoms with van der Waals surface area (Å²) in [5, 5.41) is 5.99. The number of hydrogen-bond donors (Lipinski definition) is 2. The highest BCUT2D eigenvalue weighted by molar-refractivity contribution is 9.10. The lowest BCUT2D eigenvalue weighted by Crippen LogP contribution is -2.13. The molecular weight excluding hydrogens is 380 g/mol. The van der Waals surface area contributed by atoms with Crippen molar-refractivity contribution in [3.05, 3.63) is 76.0 Å². The number of hydrogen-bond acceptors (Lipinski definition) is 4. The Morgan fingerprint density at radius 3 is 2.36 bits per heavy atom. The van der Waals surface area contributed by atoms with E-state index in [1.165, 1.54) is 18.0 Å². The Morgan fingerprint density at radius 2 is 1.68 bits per heavy atom. The second-order valence-corrected chi connectivity index (χ2v) is 6.54. The Kier molecular flexibility index (Phi) is 5.09. The first-order chi connectivity index (χ1) is 12.0. The zero-order chi connectivity index (χ0) is 17.8. The van der Waals surface area contributed by atoms with Crippen molar-refractivity contribution in [2.24, 2.45) is 0 Å². The van der Waals surface area contributed by atoms with E-state index in [9.17, 15) is 4.79 Å². The topological polar surface area (TPSA) is 66.9 Å². The van der Waals surface area contributed by atoms with Gasteiger partial charge in [0.05, 0.1) is 5.56 Å². The number of nitrogens with one attached hydrogen (secondary N) is 2. The van der Waals surface area contributed by atoms with E-state index in [0.29, 0.717) is 17.2 Å². The molecule has 25 heavy (non-hydrogen) atoms. The molecule has 0 aliphatic rings. The first-order valence-electron chi connectivity index (χ1n) is 7.75. The van der Waals surface area contributed by atoms with E-state index in [-0.39, 0.29) is 5.91 Å². The van der Waals surface area contributed by atoms with E-state index in [4.69, 9.17) is 0 Å². The van der Waals surface area contributed by atoms with E-state index >= 15 is 0 Å². The number of amides is 1. The summed E-state index contributed by atoms with van der Waals surface area (Å²) < 4.78 is 0.954. The van der Waals surface area contributed by atoms with Crippen molar-refractivity contribution in [3.63, 3.8) is 0 Å².